The summed E-state index contributed by atoms with van der Waals surface area (Å²) in [6.45, 7) is 0.0309. The average molecular weight is 426 g/mol. The molecule has 30 heavy (non-hydrogen) atoms. The molecule has 0 aliphatic rings. The van der Waals surface area contributed by atoms with Crippen molar-refractivity contribution in [1.29, 1.82) is 0 Å². The molecule has 9 nitrogen and oxygen atoms in total. The second-order valence-corrected chi connectivity index (χ2v) is 7.81. The number of esters is 1. The van der Waals surface area contributed by atoms with E-state index in [0.29, 0.717) is 24.6 Å². The van der Waals surface area contributed by atoms with E-state index >= 15 is 0 Å². The quantitative estimate of drug-likeness (QED) is 0.312. The van der Waals surface area contributed by atoms with Crippen LogP contribution in [-0.2, 0) is 21.2 Å². The second-order valence-electron chi connectivity index (χ2n) is 6.05. The van der Waals surface area contributed by atoms with Crippen LogP contribution < -0.4 is 4.72 Å². The molecule has 0 fully saturated rings. The zero-order valence-corrected chi connectivity index (χ0v) is 16.6. The van der Waals surface area contributed by atoms with Gasteiger partial charge >= 0.3 is 5.97 Å². The number of nitrogens with one attached hydrogen (secondary N) is 1. The molecule has 2 heterocycles. The summed E-state index contributed by atoms with van der Waals surface area (Å²) in [5.74, 6) is 2.51. The zero-order valence-electron chi connectivity index (χ0n) is 15.8. The number of aromatic nitrogens is 3. The molecular formula is C20H18N4O5S. The van der Waals surface area contributed by atoms with Gasteiger partial charge in [0, 0.05) is 24.4 Å². The number of aryl methyl sites for hydroxylation is 1. The lowest BCUT2D eigenvalue weighted by Crippen LogP contribution is -2.23. The number of carbonyl (C=O) groups excluding carboxylic acids is 1. The fourth-order valence-corrected chi connectivity index (χ4v) is 3.36. The lowest BCUT2D eigenvalue weighted by atomic mass is 10.2. The molecule has 3 rings (SSSR count). The molecule has 0 radical (unpaired) electrons. The minimum absolute atomic E-state index is 0.00936. The van der Waals surface area contributed by atoms with E-state index in [0.717, 1.165) is 5.56 Å². The molecule has 0 atom stereocenters. The molecule has 1 aromatic carbocycles. The Morgan fingerprint density at radius 3 is 2.73 bits per heavy atom. The third kappa shape index (κ3) is 5.50. The summed E-state index contributed by atoms with van der Waals surface area (Å²) in [6.07, 6.45) is 9.27. The summed E-state index contributed by atoms with van der Waals surface area (Å²) >= 11 is 0. The molecule has 0 saturated heterocycles. The third-order valence-corrected chi connectivity index (χ3v) is 5.34. The van der Waals surface area contributed by atoms with Gasteiger partial charge < -0.3 is 9.26 Å². The summed E-state index contributed by atoms with van der Waals surface area (Å²) in [5, 5.41) is 3.90. The zero-order chi connectivity index (χ0) is 21.4. The minimum Gasteiger partial charge on any atom is -0.462 e. The van der Waals surface area contributed by atoms with Crippen molar-refractivity contribution in [3.05, 3.63) is 60.2 Å². The van der Waals surface area contributed by atoms with E-state index in [2.05, 4.69) is 25.8 Å². The Hall–Kier alpha value is -3.55. The van der Waals surface area contributed by atoms with E-state index in [-0.39, 0.29) is 23.6 Å². The van der Waals surface area contributed by atoms with Crippen molar-refractivity contribution in [1.82, 2.24) is 19.8 Å². The number of ether oxygens (including phenoxy) is 1. The maximum Gasteiger partial charge on any atom is 0.338 e. The molecule has 154 valence electrons. The lowest BCUT2D eigenvalue weighted by Gasteiger charge is -2.06. The number of rotatable bonds is 9. The second kappa shape index (κ2) is 9.78. The van der Waals surface area contributed by atoms with Gasteiger partial charge in [-0.1, -0.05) is 11.1 Å². The molecule has 1 N–H and O–H groups in total. The maximum atomic E-state index is 12.1. The number of nitrogens with zero attached hydrogens (tertiary/aromatic N) is 3. The standard InChI is InChI=1S/C20H18N4O5S/c1-2-11-22-30(26,27)17-9-7-15(8-10-17)20(25)28-13-4-6-18-23-19(24-29-18)16-5-3-12-21-14-16/h1,3,5,7-10,12,14,22H,4,6,11,13H2. The Kier molecular flexibility index (Phi) is 6.90. The number of sulfonamides is 1. The van der Waals surface area contributed by atoms with Gasteiger partial charge in [-0.05, 0) is 42.8 Å². The van der Waals surface area contributed by atoms with E-state index in [4.69, 9.17) is 15.7 Å². The highest BCUT2D eigenvalue weighted by Crippen LogP contribution is 2.15. The number of carbonyl (C=O) groups is 1. The Morgan fingerprint density at radius 2 is 2.03 bits per heavy atom. The lowest BCUT2D eigenvalue weighted by molar-refractivity contribution is 0.0498. The van der Waals surface area contributed by atoms with Crippen LogP contribution in [-0.4, -0.2) is 42.7 Å². The maximum absolute atomic E-state index is 12.1. The summed E-state index contributed by atoms with van der Waals surface area (Å²) in [4.78, 5) is 20.4. The smallest absolute Gasteiger partial charge is 0.338 e. The first-order valence-electron chi connectivity index (χ1n) is 8.93. The monoisotopic (exact) mass is 426 g/mol. The van der Waals surface area contributed by atoms with Crippen molar-refractivity contribution < 1.29 is 22.5 Å². The van der Waals surface area contributed by atoms with Crippen LogP contribution in [0.1, 0.15) is 22.7 Å². The normalized spacial score (nSPS) is 11.0. The minimum atomic E-state index is -3.71. The number of hydrogen-bond acceptors (Lipinski definition) is 8. The van der Waals surface area contributed by atoms with Crippen molar-refractivity contribution in [2.24, 2.45) is 0 Å². The van der Waals surface area contributed by atoms with Gasteiger partial charge in [-0.15, -0.1) is 6.42 Å². The summed E-state index contributed by atoms with van der Waals surface area (Å²) in [6, 6.07) is 8.99. The van der Waals surface area contributed by atoms with Gasteiger partial charge in [0.15, 0.2) is 0 Å². The van der Waals surface area contributed by atoms with Crippen molar-refractivity contribution in [2.75, 3.05) is 13.2 Å². The van der Waals surface area contributed by atoms with Crippen LogP contribution in [0.15, 0.2) is 58.2 Å². The van der Waals surface area contributed by atoms with E-state index in [1.165, 1.54) is 24.3 Å². The molecule has 10 heteroatoms. The molecule has 0 amide bonds. The molecule has 3 aromatic rings. The van der Waals surface area contributed by atoms with Crippen LogP contribution in [0.25, 0.3) is 11.4 Å². The van der Waals surface area contributed by atoms with Gasteiger partial charge in [0.2, 0.25) is 21.7 Å². The molecule has 0 unspecified atom stereocenters. The first kappa shape index (κ1) is 21.2. The van der Waals surface area contributed by atoms with Gasteiger partial charge in [-0.2, -0.15) is 9.71 Å². The van der Waals surface area contributed by atoms with E-state index in [1.54, 1.807) is 18.5 Å². The van der Waals surface area contributed by atoms with Crippen LogP contribution in [0.5, 0.6) is 0 Å². The molecular weight excluding hydrogens is 408 g/mol. The predicted molar refractivity (Wildman–Crippen MR) is 107 cm³/mol. The van der Waals surface area contributed by atoms with Gasteiger partial charge in [0.05, 0.1) is 23.6 Å². The largest absolute Gasteiger partial charge is 0.462 e. The average Bonchev–Trinajstić information content (AvgIpc) is 3.25. The third-order valence-electron chi connectivity index (χ3n) is 3.92. The van der Waals surface area contributed by atoms with Gasteiger partial charge in [-0.25, -0.2) is 13.2 Å². The van der Waals surface area contributed by atoms with Crippen molar-refractivity contribution in [3.8, 4) is 23.7 Å². The highest BCUT2D eigenvalue weighted by Gasteiger charge is 2.15. The van der Waals surface area contributed by atoms with Crippen LogP contribution in [0.3, 0.4) is 0 Å². The molecule has 0 saturated carbocycles. The Bertz CT molecular complexity index is 1140. The van der Waals surface area contributed by atoms with E-state index in [1.807, 2.05) is 6.07 Å². The van der Waals surface area contributed by atoms with Gasteiger partial charge in [0.25, 0.3) is 0 Å². The number of hydrogen-bond donors (Lipinski definition) is 1. The highest BCUT2D eigenvalue weighted by atomic mass is 32.2. The Morgan fingerprint density at radius 1 is 1.23 bits per heavy atom. The number of pyridine rings is 1. The number of benzene rings is 1. The van der Waals surface area contributed by atoms with Crippen LogP contribution in [0.2, 0.25) is 0 Å². The van der Waals surface area contributed by atoms with Crippen LogP contribution in [0.4, 0.5) is 0 Å². The van der Waals surface area contributed by atoms with Gasteiger partial charge in [0.1, 0.15) is 0 Å². The first-order chi connectivity index (χ1) is 14.5. The number of terminal acetylenes is 1. The van der Waals surface area contributed by atoms with E-state index < -0.39 is 16.0 Å². The van der Waals surface area contributed by atoms with Crippen LogP contribution >= 0.6 is 0 Å². The fraction of sp³-hybridized carbons (Fsp3) is 0.200. The summed E-state index contributed by atoms with van der Waals surface area (Å²) in [5.41, 5.74) is 0.987. The van der Waals surface area contributed by atoms with Gasteiger partial charge in [-0.3, -0.25) is 4.98 Å². The summed E-state index contributed by atoms with van der Waals surface area (Å²) < 4.78 is 36.5. The molecule has 0 spiro atoms. The topological polar surface area (TPSA) is 124 Å². The first-order valence-corrected chi connectivity index (χ1v) is 10.4. The Labute approximate surface area is 173 Å². The van der Waals surface area contributed by atoms with Crippen molar-refractivity contribution >= 4 is 16.0 Å². The van der Waals surface area contributed by atoms with E-state index in [9.17, 15) is 13.2 Å². The van der Waals surface area contributed by atoms with Crippen molar-refractivity contribution in [2.45, 2.75) is 17.7 Å². The molecule has 2 aromatic heterocycles. The fourth-order valence-electron chi connectivity index (χ4n) is 2.43. The molecule has 0 aliphatic heterocycles. The van der Waals surface area contributed by atoms with Crippen LogP contribution in [0, 0.1) is 12.3 Å². The summed E-state index contributed by atoms with van der Waals surface area (Å²) in [7, 11) is -3.71. The molecule has 0 bridgehead atoms. The van der Waals surface area contributed by atoms with Crippen molar-refractivity contribution in [3.63, 3.8) is 0 Å². The SMILES string of the molecule is C#CCNS(=O)(=O)c1ccc(C(=O)OCCCc2nc(-c3cccnc3)no2)cc1. The predicted octanol–water partition coefficient (Wildman–Crippen LogP) is 1.83. The Balaban J connectivity index is 1.47. The highest BCUT2D eigenvalue weighted by molar-refractivity contribution is 7.89. The molecule has 0 aliphatic carbocycles.